The van der Waals surface area contributed by atoms with E-state index in [0.717, 1.165) is 11.1 Å². The molecule has 0 amide bonds. The highest BCUT2D eigenvalue weighted by Crippen LogP contribution is 2.23. The first kappa shape index (κ1) is 18.6. The quantitative estimate of drug-likeness (QED) is 0.330. The molecular formula is C21H18N6O2S. The van der Waals surface area contributed by atoms with Gasteiger partial charge < -0.3 is 0 Å². The average molecular weight is 418 g/mol. The Bertz CT molecular complexity index is 1580. The molecule has 0 aliphatic rings. The highest BCUT2D eigenvalue weighted by molar-refractivity contribution is 7.98. The van der Waals surface area contributed by atoms with Crippen molar-refractivity contribution < 1.29 is 0 Å². The van der Waals surface area contributed by atoms with Gasteiger partial charge in [-0.15, -0.1) is 10.2 Å². The van der Waals surface area contributed by atoms with Crippen LogP contribution in [0.1, 0.15) is 11.4 Å². The lowest BCUT2D eigenvalue weighted by Crippen LogP contribution is -2.21. The van der Waals surface area contributed by atoms with E-state index in [2.05, 4.69) is 15.2 Å². The van der Waals surface area contributed by atoms with Crippen molar-refractivity contribution in [1.29, 1.82) is 0 Å². The molecule has 0 fully saturated rings. The maximum atomic E-state index is 12.7. The molecular weight excluding hydrogens is 400 g/mol. The van der Waals surface area contributed by atoms with Gasteiger partial charge >= 0.3 is 0 Å². The van der Waals surface area contributed by atoms with Crippen LogP contribution in [-0.2, 0) is 19.8 Å². The summed E-state index contributed by atoms with van der Waals surface area (Å²) in [5.74, 6) is 1.61. The molecule has 2 aromatic carbocycles. The van der Waals surface area contributed by atoms with E-state index in [0.29, 0.717) is 38.8 Å². The summed E-state index contributed by atoms with van der Waals surface area (Å²) in [5, 5.41) is 10.4. The van der Waals surface area contributed by atoms with Crippen molar-refractivity contribution in [1.82, 2.24) is 28.7 Å². The van der Waals surface area contributed by atoms with E-state index in [1.807, 2.05) is 47.7 Å². The van der Waals surface area contributed by atoms with E-state index in [1.54, 1.807) is 24.7 Å². The molecule has 5 aromatic rings. The number of hydrogen-bond acceptors (Lipinski definition) is 6. The molecule has 150 valence electrons. The van der Waals surface area contributed by atoms with E-state index >= 15 is 0 Å². The van der Waals surface area contributed by atoms with Crippen molar-refractivity contribution >= 4 is 39.3 Å². The first-order valence-electron chi connectivity index (χ1n) is 9.37. The number of aromatic nitrogens is 6. The standard InChI is InChI=1S/C21H18N6O2S/c1-12-8-9-16-14(10-12)19(29)25(2)20-24-23-17(27(16)20)11-30-21-22-15-7-5-4-6-13(15)18(28)26(21)3/h4-10H,11H2,1-3H3. The predicted octanol–water partition coefficient (Wildman–Crippen LogP) is 2.43. The topological polar surface area (TPSA) is 87.1 Å². The third-order valence-electron chi connectivity index (χ3n) is 5.21. The van der Waals surface area contributed by atoms with Gasteiger partial charge in [-0.25, -0.2) is 4.98 Å². The van der Waals surface area contributed by atoms with E-state index in [1.165, 1.54) is 16.3 Å². The van der Waals surface area contributed by atoms with E-state index in [4.69, 9.17) is 0 Å². The van der Waals surface area contributed by atoms with Gasteiger partial charge in [-0.2, -0.15) is 0 Å². The van der Waals surface area contributed by atoms with Crippen LogP contribution < -0.4 is 11.1 Å². The molecule has 0 aliphatic carbocycles. The Morgan fingerprint density at radius 3 is 2.53 bits per heavy atom. The fourth-order valence-electron chi connectivity index (χ4n) is 3.61. The predicted molar refractivity (Wildman–Crippen MR) is 117 cm³/mol. The van der Waals surface area contributed by atoms with Gasteiger partial charge in [0.25, 0.3) is 11.1 Å². The normalized spacial score (nSPS) is 11.7. The second-order valence-corrected chi connectivity index (χ2v) is 8.14. The van der Waals surface area contributed by atoms with Crippen LogP contribution in [0.25, 0.3) is 27.6 Å². The average Bonchev–Trinajstić information content (AvgIpc) is 3.17. The van der Waals surface area contributed by atoms with Crippen LogP contribution >= 0.6 is 11.8 Å². The molecule has 3 heterocycles. The minimum atomic E-state index is -0.105. The molecule has 3 aromatic heterocycles. The van der Waals surface area contributed by atoms with Gasteiger partial charge in [0.1, 0.15) is 5.82 Å². The summed E-state index contributed by atoms with van der Waals surface area (Å²) in [6.45, 7) is 1.96. The lowest BCUT2D eigenvalue weighted by molar-refractivity contribution is 0.725. The van der Waals surface area contributed by atoms with Crippen LogP contribution in [0.4, 0.5) is 0 Å². The van der Waals surface area contributed by atoms with Crippen LogP contribution in [0.5, 0.6) is 0 Å². The molecule has 9 heteroatoms. The molecule has 0 saturated carbocycles. The van der Waals surface area contributed by atoms with Crippen molar-refractivity contribution in [3.8, 4) is 0 Å². The second kappa shape index (κ2) is 6.81. The van der Waals surface area contributed by atoms with Crippen molar-refractivity contribution in [3.63, 3.8) is 0 Å². The fourth-order valence-corrected chi connectivity index (χ4v) is 4.49. The summed E-state index contributed by atoms with van der Waals surface area (Å²) in [4.78, 5) is 30.0. The molecule has 0 unspecified atom stereocenters. The number of nitrogens with zero attached hydrogens (tertiary/aromatic N) is 6. The molecule has 0 bridgehead atoms. The Morgan fingerprint density at radius 1 is 0.933 bits per heavy atom. The van der Waals surface area contributed by atoms with Crippen LogP contribution in [0.3, 0.4) is 0 Å². The van der Waals surface area contributed by atoms with Crippen LogP contribution in [0, 0.1) is 6.92 Å². The largest absolute Gasteiger partial charge is 0.290 e. The van der Waals surface area contributed by atoms with Crippen molar-refractivity contribution in [3.05, 3.63) is 74.6 Å². The first-order chi connectivity index (χ1) is 14.5. The number of aryl methyl sites for hydroxylation is 2. The summed E-state index contributed by atoms with van der Waals surface area (Å²) in [6, 6.07) is 13.1. The Labute approximate surface area is 174 Å². The monoisotopic (exact) mass is 418 g/mol. The molecule has 0 atom stereocenters. The Hall–Kier alpha value is -3.46. The van der Waals surface area contributed by atoms with Gasteiger partial charge in [0.15, 0.2) is 5.16 Å². The summed E-state index contributed by atoms with van der Waals surface area (Å²) < 4.78 is 4.95. The van der Waals surface area contributed by atoms with Gasteiger partial charge in [0, 0.05) is 14.1 Å². The van der Waals surface area contributed by atoms with Gasteiger partial charge in [-0.05, 0) is 31.2 Å². The molecule has 8 nitrogen and oxygen atoms in total. The molecule has 0 radical (unpaired) electrons. The minimum absolute atomic E-state index is 0.0856. The number of hydrogen-bond donors (Lipinski definition) is 0. The summed E-state index contributed by atoms with van der Waals surface area (Å²) in [7, 11) is 3.41. The zero-order valence-electron chi connectivity index (χ0n) is 16.7. The van der Waals surface area contributed by atoms with Gasteiger partial charge in [-0.3, -0.25) is 23.1 Å². The molecule has 0 spiro atoms. The van der Waals surface area contributed by atoms with Crippen LogP contribution in [0.2, 0.25) is 0 Å². The zero-order chi connectivity index (χ0) is 21.0. The molecule has 5 rings (SSSR count). The molecule has 0 N–H and O–H groups in total. The van der Waals surface area contributed by atoms with Crippen LogP contribution in [-0.4, -0.2) is 28.7 Å². The maximum absolute atomic E-state index is 12.7. The lowest BCUT2D eigenvalue weighted by atomic mass is 10.1. The lowest BCUT2D eigenvalue weighted by Gasteiger charge is -2.10. The SMILES string of the molecule is Cc1ccc2c(c1)c(=O)n(C)c1nnc(CSc3nc4ccccc4c(=O)n3C)n21. The third-order valence-corrected chi connectivity index (χ3v) is 6.24. The number of para-hydroxylation sites is 1. The van der Waals surface area contributed by atoms with Gasteiger partial charge in [-0.1, -0.05) is 35.5 Å². The van der Waals surface area contributed by atoms with Gasteiger partial charge in [0.05, 0.1) is 27.6 Å². The number of thioether (sulfide) groups is 1. The maximum Gasteiger partial charge on any atom is 0.262 e. The highest BCUT2D eigenvalue weighted by atomic mass is 32.2. The van der Waals surface area contributed by atoms with Crippen molar-refractivity contribution in [2.24, 2.45) is 14.1 Å². The molecule has 30 heavy (non-hydrogen) atoms. The highest BCUT2D eigenvalue weighted by Gasteiger charge is 2.16. The molecule has 0 aliphatic heterocycles. The Balaban J connectivity index is 1.63. The Kier molecular flexibility index (Phi) is 4.21. The summed E-state index contributed by atoms with van der Waals surface area (Å²) in [6.07, 6.45) is 0. The molecule has 0 saturated heterocycles. The van der Waals surface area contributed by atoms with Gasteiger partial charge in [0.2, 0.25) is 5.78 Å². The number of rotatable bonds is 3. The van der Waals surface area contributed by atoms with Crippen molar-refractivity contribution in [2.75, 3.05) is 0 Å². The van der Waals surface area contributed by atoms with Crippen molar-refractivity contribution in [2.45, 2.75) is 17.8 Å². The minimum Gasteiger partial charge on any atom is -0.290 e. The van der Waals surface area contributed by atoms with E-state index in [-0.39, 0.29) is 11.1 Å². The van der Waals surface area contributed by atoms with E-state index in [9.17, 15) is 9.59 Å². The van der Waals surface area contributed by atoms with E-state index < -0.39 is 0 Å². The number of fused-ring (bicyclic) bond motifs is 4. The third kappa shape index (κ3) is 2.73. The smallest absolute Gasteiger partial charge is 0.262 e. The number of benzene rings is 2. The fraction of sp³-hybridized carbons (Fsp3) is 0.190. The van der Waals surface area contributed by atoms with Crippen LogP contribution in [0.15, 0.2) is 57.2 Å². The summed E-state index contributed by atoms with van der Waals surface area (Å²) in [5.41, 5.74) is 2.25. The first-order valence-corrected chi connectivity index (χ1v) is 10.4. The summed E-state index contributed by atoms with van der Waals surface area (Å²) >= 11 is 1.41. The zero-order valence-corrected chi connectivity index (χ0v) is 17.5. The Morgan fingerprint density at radius 2 is 1.70 bits per heavy atom. The second-order valence-electron chi connectivity index (χ2n) is 7.20.